The Kier molecular flexibility index (Phi) is 4.14. The van der Waals surface area contributed by atoms with Crippen LogP contribution in [0.25, 0.3) is 0 Å². The van der Waals surface area contributed by atoms with Gasteiger partial charge in [0.1, 0.15) is 5.82 Å². The van der Waals surface area contributed by atoms with E-state index in [9.17, 15) is 4.39 Å². The van der Waals surface area contributed by atoms with Crippen LogP contribution in [0.1, 0.15) is 5.56 Å². The molecule has 18 heavy (non-hydrogen) atoms. The van der Waals surface area contributed by atoms with Crippen molar-refractivity contribution >= 4 is 23.1 Å². The molecule has 2 rings (SSSR count). The molecule has 2 N–H and O–H groups in total. The van der Waals surface area contributed by atoms with Crippen LogP contribution in [0.4, 0.5) is 10.2 Å². The van der Waals surface area contributed by atoms with E-state index in [1.165, 1.54) is 12.1 Å². The van der Waals surface area contributed by atoms with Gasteiger partial charge in [-0.15, -0.1) is 0 Å². The number of nitrogens with one attached hydrogen (secondary N) is 2. The van der Waals surface area contributed by atoms with E-state index < -0.39 is 0 Å². The molecule has 0 amide bonds. The van der Waals surface area contributed by atoms with Crippen molar-refractivity contribution < 1.29 is 4.39 Å². The Morgan fingerprint density at radius 1 is 1.22 bits per heavy atom. The number of aromatic nitrogens is 2. The number of thiocarbonyl (C=S) groups is 1. The summed E-state index contributed by atoms with van der Waals surface area (Å²) in [7, 11) is 0. The summed E-state index contributed by atoms with van der Waals surface area (Å²) in [6.45, 7) is 0.520. The average molecular weight is 262 g/mol. The molecule has 92 valence electrons. The Bertz CT molecular complexity index is 515. The zero-order valence-electron chi connectivity index (χ0n) is 9.43. The van der Waals surface area contributed by atoms with Gasteiger partial charge < -0.3 is 10.6 Å². The van der Waals surface area contributed by atoms with Crippen molar-refractivity contribution in [1.82, 2.24) is 15.3 Å². The first-order valence-electron chi connectivity index (χ1n) is 5.29. The van der Waals surface area contributed by atoms with E-state index in [0.29, 0.717) is 17.5 Å². The Labute approximate surface area is 109 Å². The summed E-state index contributed by atoms with van der Waals surface area (Å²) in [5.41, 5.74) is 0.944. The second-order valence-corrected chi connectivity index (χ2v) is 3.93. The molecule has 0 unspecified atom stereocenters. The van der Waals surface area contributed by atoms with Gasteiger partial charge in [-0.05, 0) is 29.9 Å². The smallest absolute Gasteiger partial charge is 0.172 e. The maximum absolute atomic E-state index is 12.7. The van der Waals surface area contributed by atoms with Crippen LogP contribution in [-0.4, -0.2) is 15.1 Å². The van der Waals surface area contributed by atoms with E-state index in [1.807, 2.05) is 0 Å². The number of nitrogens with zero attached hydrogens (tertiary/aromatic N) is 2. The van der Waals surface area contributed by atoms with Gasteiger partial charge in [0.2, 0.25) is 0 Å². The van der Waals surface area contributed by atoms with Gasteiger partial charge in [0.15, 0.2) is 10.9 Å². The van der Waals surface area contributed by atoms with Gasteiger partial charge in [-0.3, -0.25) is 4.98 Å². The van der Waals surface area contributed by atoms with Crippen molar-refractivity contribution in [2.45, 2.75) is 6.54 Å². The van der Waals surface area contributed by atoms with Crippen LogP contribution in [0, 0.1) is 5.82 Å². The fraction of sp³-hybridized carbons (Fsp3) is 0.0833. The van der Waals surface area contributed by atoms with Crippen LogP contribution < -0.4 is 10.6 Å². The van der Waals surface area contributed by atoms with Crippen molar-refractivity contribution in [3.63, 3.8) is 0 Å². The van der Waals surface area contributed by atoms with Crippen LogP contribution in [0.15, 0.2) is 42.9 Å². The highest BCUT2D eigenvalue weighted by Gasteiger charge is 1.99. The summed E-state index contributed by atoms with van der Waals surface area (Å²) in [6, 6.07) is 6.23. The minimum absolute atomic E-state index is 0.251. The molecule has 0 spiro atoms. The van der Waals surface area contributed by atoms with Gasteiger partial charge in [0, 0.05) is 18.9 Å². The zero-order chi connectivity index (χ0) is 12.8. The molecule has 0 aliphatic rings. The van der Waals surface area contributed by atoms with Crippen LogP contribution in [0.2, 0.25) is 0 Å². The molecule has 0 bridgehead atoms. The lowest BCUT2D eigenvalue weighted by atomic mass is 10.2. The summed E-state index contributed by atoms with van der Waals surface area (Å²) in [6.07, 6.45) is 4.73. The third-order valence-corrected chi connectivity index (χ3v) is 2.42. The van der Waals surface area contributed by atoms with Crippen molar-refractivity contribution in [2.24, 2.45) is 0 Å². The monoisotopic (exact) mass is 262 g/mol. The molecule has 0 radical (unpaired) electrons. The predicted molar refractivity (Wildman–Crippen MR) is 71.5 cm³/mol. The first-order chi connectivity index (χ1) is 8.74. The number of rotatable bonds is 3. The fourth-order valence-electron chi connectivity index (χ4n) is 1.31. The van der Waals surface area contributed by atoms with Gasteiger partial charge in [-0.25, -0.2) is 9.37 Å². The Hall–Kier alpha value is -2.08. The molecule has 0 aliphatic carbocycles. The highest BCUT2D eigenvalue weighted by atomic mass is 32.1. The van der Waals surface area contributed by atoms with Crippen LogP contribution >= 0.6 is 12.2 Å². The van der Waals surface area contributed by atoms with Crippen molar-refractivity contribution in [3.8, 4) is 0 Å². The lowest BCUT2D eigenvalue weighted by Crippen LogP contribution is -2.28. The van der Waals surface area contributed by atoms with Gasteiger partial charge in [0.25, 0.3) is 0 Å². The molecule has 1 aromatic carbocycles. The topological polar surface area (TPSA) is 49.8 Å². The third-order valence-electron chi connectivity index (χ3n) is 2.17. The first kappa shape index (κ1) is 12.4. The lowest BCUT2D eigenvalue weighted by molar-refractivity contribution is 0.627. The fourth-order valence-corrected chi connectivity index (χ4v) is 1.49. The van der Waals surface area contributed by atoms with E-state index in [1.54, 1.807) is 30.7 Å². The van der Waals surface area contributed by atoms with Crippen molar-refractivity contribution in [1.29, 1.82) is 0 Å². The van der Waals surface area contributed by atoms with Gasteiger partial charge in [0.05, 0.1) is 6.20 Å². The number of hydrogen-bond acceptors (Lipinski definition) is 3. The van der Waals surface area contributed by atoms with E-state index in [4.69, 9.17) is 12.2 Å². The second kappa shape index (κ2) is 6.02. The molecule has 1 aromatic heterocycles. The Morgan fingerprint density at radius 2 is 2.00 bits per heavy atom. The highest BCUT2D eigenvalue weighted by Crippen LogP contribution is 2.02. The molecular weight excluding hydrogens is 251 g/mol. The summed E-state index contributed by atoms with van der Waals surface area (Å²) in [5.74, 6) is 0.327. The van der Waals surface area contributed by atoms with Gasteiger partial charge in [-0.2, -0.15) is 0 Å². The standard InChI is InChI=1S/C12H11FN4S/c13-10-3-1-9(2-4-10)7-16-12(18)17-11-8-14-5-6-15-11/h1-6,8H,7H2,(H2,15,16,17,18). The Balaban J connectivity index is 1.83. The Morgan fingerprint density at radius 3 is 2.67 bits per heavy atom. The average Bonchev–Trinajstić information content (AvgIpc) is 2.39. The molecule has 6 heteroatoms. The maximum atomic E-state index is 12.7. The molecule has 0 saturated carbocycles. The maximum Gasteiger partial charge on any atom is 0.172 e. The van der Waals surface area contributed by atoms with Crippen LogP contribution in [0.5, 0.6) is 0 Å². The van der Waals surface area contributed by atoms with Crippen molar-refractivity contribution in [3.05, 3.63) is 54.2 Å². The summed E-state index contributed by atoms with van der Waals surface area (Å²) >= 11 is 5.10. The lowest BCUT2D eigenvalue weighted by Gasteiger charge is -2.09. The largest absolute Gasteiger partial charge is 0.358 e. The number of halogens is 1. The minimum atomic E-state index is -0.251. The zero-order valence-corrected chi connectivity index (χ0v) is 10.2. The molecule has 0 aliphatic heterocycles. The molecule has 1 heterocycles. The molecule has 0 atom stereocenters. The van der Waals surface area contributed by atoms with Crippen LogP contribution in [0.3, 0.4) is 0 Å². The van der Waals surface area contributed by atoms with Gasteiger partial charge in [-0.1, -0.05) is 12.1 Å². The summed E-state index contributed by atoms with van der Waals surface area (Å²) < 4.78 is 12.7. The van der Waals surface area contributed by atoms with Crippen molar-refractivity contribution in [2.75, 3.05) is 5.32 Å². The number of hydrogen-bond donors (Lipinski definition) is 2. The number of anilines is 1. The van der Waals surface area contributed by atoms with Crippen LogP contribution in [-0.2, 0) is 6.54 Å². The molecule has 2 aromatic rings. The highest BCUT2D eigenvalue weighted by molar-refractivity contribution is 7.80. The summed E-state index contributed by atoms with van der Waals surface area (Å²) in [4.78, 5) is 7.95. The molecular formula is C12H11FN4S. The minimum Gasteiger partial charge on any atom is -0.358 e. The summed E-state index contributed by atoms with van der Waals surface area (Å²) in [5, 5.41) is 6.34. The van der Waals surface area contributed by atoms with E-state index in [0.717, 1.165) is 5.56 Å². The quantitative estimate of drug-likeness (QED) is 0.830. The van der Waals surface area contributed by atoms with E-state index >= 15 is 0 Å². The van der Waals surface area contributed by atoms with Gasteiger partial charge >= 0.3 is 0 Å². The number of benzene rings is 1. The first-order valence-corrected chi connectivity index (χ1v) is 5.70. The SMILES string of the molecule is Fc1ccc(CNC(=S)Nc2cnccn2)cc1. The van der Waals surface area contributed by atoms with E-state index in [-0.39, 0.29) is 5.82 Å². The molecule has 0 saturated heterocycles. The molecule has 0 fully saturated rings. The normalized spacial score (nSPS) is 9.83. The molecule has 4 nitrogen and oxygen atoms in total. The van der Waals surface area contributed by atoms with E-state index in [2.05, 4.69) is 20.6 Å². The predicted octanol–water partition coefficient (Wildman–Crippen LogP) is 2.10. The second-order valence-electron chi connectivity index (χ2n) is 3.52. The third kappa shape index (κ3) is 3.74.